The molecule has 0 aliphatic heterocycles. The standard InChI is InChI=1S/C16H32O2/c1-4-14(2)13-15(3)11-9-7-5-6-8-10-12-16(17)18/h14-15H,4-13H2,1-3H3,(H,17,18). The molecule has 0 fully saturated rings. The highest BCUT2D eigenvalue weighted by Crippen LogP contribution is 2.20. The van der Waals surface area contributed by atoms with Crippen molar-refractivity contribution in [3.05, 3.63) is 0 Å². The molecule has 0 aromatic rings. The second kappa shape index (κ2) is 11.6. The van der Waals surface area contributed by atoms with Crippen molar-refractivity contribution < 1.29 is 9.90 Å². The lowest BCUT2D eigenvalue weighted by atomic mass is 9.91. The van der Waals surface area contributed by atoms with Crippen molar-refractivity contribution in [1.29, 1.82) is 0 Å². The summed E-state index contributed by atoms with van der Waals surface area (Å²) in [6.07, 6.45) is 11.4. The molecule has 0 aliphatic carbocycles. The SMILES string of the molecule is CCC(C)CC(C)CCCCCCCCC(=O)O. The predicted octanol–water partition coefficient (Wildman–Crippen LogP) is 5.26. The van der Waals surface area contributed by atoms with Crippen molar-refractivity contribution in [1.82, 2.24) is 0 Å². The molecule has 0 aromatic heterocycles. The maximum atomic E-state index is 10.3. The molecule has 2 nitrogen and oxygen atoms in total. The Balaban J connectivity index is 3.22. The van der Waals surface area contributed by atoms with Crippen LogP contribution in [0.3, 0.4) is 0 Å². The topological polar surface area (TPSA) is 37.3 Å². The van der Waals surface area contributed by atoms with Crippen LogP contribution < -0.4 is 0 Å². The zero-order valence-corrected chi connectivity index (χ0v) is 12.6. The van der Waals surface area contributed by atoms with Gasteiger partial charge in [-0.05, 0) is 24.7 Å². The molecule has 2 atom stereocenters. The van der Waals surface area contributed by atoms with Gasteiger partial charge in [-0.2, -0.15) is 0 Å². The lowest BCUT2D eigenvalue weighted by Crippen LogP contribution is -2.02. The predicted molar refractivity (Wildman–Crippen MR) is 77.8 cm³/mol. The molecule has 0 spiro atoms. The van der Waals surface area contributed by atoms with Crippen molar-refractivity contribution in [3.63, 3.8) is 0 Å². The van der Waals surface area contributed by atoms with Crippen LogP contribution in [-0.2, 0) is 4.79 Å². The summed E-state index contributed by atoms with van der Waals surface area (Å²) in [5.41, 5.74) is 0. The van der Waals surface area contributed by atoms with Gasteiger partial charge in [0, 0.05) is 6.42 Å². The van der Waals surface area contributed by atoms with Crippen LogP contribution in [0.25, 0.3) is 0 Å². The van der Waals surface area contributed by atoms with Crippen molar-refractivity contribution in [2.24, 2.45) is 11.8 Å². The van der Waals surface area contributed by atoms with Crippen LogP contribution in [0.4, 0.5) is 0 Å². The molecule has 0 aromatic carbocycles. The summed E-state index contributed by atoms with van der Waals surface area (Å²) in [4.78, 5) is 10.3. The Kier molecular flexibility index (Phi) is 11.2. The average Bonchev–Trinajstić information content (AvgIpc) is 2.31. The molecule has 0 aliphatic rings. The van der Waals surface area contributed by atoms with Gasteiger partial charge in [-0.3, -0.25) is 4.79 Å². The number of carbonyl (C=O) groups is 1. The number of rotatable bonds is 12. The van der Waals surface area contributed by atoms with E-state index in [0.717, 1.165) is 24.7 Å². The van der Waals surface area contributed by atoms with Crippen molar-refractivity contribution >= 4 is 5.97 Å². The molecule has 0 heterocycles. The number of aliphatic carboxylic acids is 1. The van der Waals surface area contributed by atoms with E-state index < -0.39 is 5.97 Å². The first-order valence-corrected chi connectivity index (χ1v) is 7.78. The maximum absolute atomic E-state index is 10.3. The summed E-state index contributed by atoms with van der Waals surface area (Å²) in [6, 6.07) is 0. The zero-order valence-electron chi connectivity index (χ0n) is 12.6. The molecule has 1 N–H and O–H groups in total. The van der Waals surface area contributed by atoms with E-state index in [1.807, 2.05) is 0 Å². The number of carboxylic acid groups (broad SMARTS) is 1. The van der Waals surface area contributed by atoms with E-state index in [1.54, 1.807) is 0 Å². The smallest absolute Gasteiger partial charge is 0.303 e. The van der Waals surface area contributed by atoms with Gasteiger partial charge in [-0.1, -0.05) is 65.7 Å². The first-order valence-electron chi connectivity index (χ1n) is 7.78. The molecule has 2 unspecified atom stereocenters. The van der Waals surface area contributed by atoms with Crippen molar-refractivity contribution in [2.45, 2.75) is 85.0 Å². The molecule has 0 radical (unpaired) electrons. The van der Waals surface area contributed by atoms with E-state index in [2.05, 4.69) is 20.8 Å². The van der Waals surface area contributed by atoms with Gasteiger partial charge in [0.05, 0.1) is 0 Å². The molecule has 18 heavy (non-hydrogen) atoms. The first-order chi connectivity index (χ1) is 8.56. The molecule has 0 saturated heterocycles. The second-order valence-corrected chi connectivity index (χ2v) is 5.91. The van der Waals surface area contributed by atoms with Crippen LogP contribution in [0.15, 0.2) is 0 Å². The number of unbranched alkanes of at least 4 members (excludes halogenated alkanes) is 5. The van der Waals surface area contributed by atoms with Crippen LogP contribution in [0.1, 0.15) is 85.0 Å². The number of hydrogen-bond acceptors (Lipinski definition) is 1. The summed E-state index contributed by atoms with van der Waals surface area (Å²) < 4.78 is 0. The Morgan fingerprint density at radius 2 is 1.50 bits per heavy atom. The lowest BCUT2D eigenvalue weighted by molar-refractivity contribution is -0.137. The monoisotopic (exact) mass is 256 g/mol. The van der Waals surface area contributed by atoms with Gasteiger partial charge >= 0.3 is 5.97 Å². The highest BCUT2D eigenvalue weighted by Gasteiger charge is 2.06. The summed E-state index contributed by atoms with van der Waals surface area (Å²) in [6.45, 7) is 6.99. The van der Waals surface area contributed by atoms with Gasteiger partial charge < -0.3 is 5.11 Å². The third kappa shape index (κ3) is 11.9. The third-order valence-electron chi connectivity index (χ3n) is 3.84. The lowest BCUT2D eigenvalue weighted by Gasteiger charge is -2.15. The van der Waals surface area contributed by atoms with E-state index >= 15 is 0 Å². The van der Waals surface area contributed by atoms with Crippen LogP contribution in [0.2, 0.25) is 0 Å². The summed E-state index contributed by atoms with van der Waals surface area (Å²) >= 11 is 0. The fraction of sp³-hybridized carbons (Fsp3) is 0.938. The molecule has 0 rings (SSSR count). The first kappa shape index (κ1) is 17.5. The molecular formula is C16H32O2. The minimum Gasteiger partial charge on any atom is -0.481 e. The van der Waals surface area contributed by atoms with Crippen molar-refractivity contribution in [3.8, 4) is 0 Å². The summed E-state index contributed by atoms with van der Waals surface area (Å²) in [7, 11) is 0. The highest BCUT2D eigenvalue weighted by molar-refractivity contribution is 5.66. The van der Waals surface area contributed by atoms with Gasteiger partial charge in [0.1, 0.15) is 0 Å². The minimum absolute atomic E-state index is 0.339. The van der Waals surface area contributed by atoms with Crippen LogP contribution in [0, 0.1) is 11.8 Å². The maximum Gasteiger partial charge on any atom is 0.303 e. The quantitative estimate of drug-likeness (QED) is 0.483. The van der Waals surface area contributed by atoms with Gasteiger partial charge in [-0.25, -0.2) is 0 Å². The van der Waals surface area contributed by atoms with E-state index in [9.17, 15) is 4.79 Å². The zero-order chi connectivity index (χ0) is 13.8. The van der Waals surface area contributed by atoms with Gasteiger partial charge in [0.2, 0.25) is 0 Å². The van der Waals surface area contributed by atoms with Gasteiger partial charge in [-0.15, -0.1) is 0 Å². The average molecular weight is 256 g/mol. The van der Waals surface area contributed by atoms with E-state index in [0.29, 0.717) is 6.42 Å². The van der Waals surface area contributed by atoms with Gasteiger partial charge in [0.15, 0.2) is 0 Å². The van der Waals surface area contributed by atoms with Gasteiger partial charge in [0.25, 0.3) is 0 Å². The normalized spacial score (nSPS) is 14.4. The summed E-state index contributed by atoms with van der Waals surface area (Å²) in [5, 5.41) is 8.51. The van der Waals surface area contributed by atoms with E-state index in [1.165, 1.54) is 44.9 Å². The number of carboxylic acids is 1. The molecule has 2 heteroatoms. The van der Waals surface area contributed by atoms with Crippen LogP contribution in [0.5, 0.6) is 0 Å². The van der Waals surface area contributed by atoms with Crippen LogP contribution >= 0.6 is 0 Å². The molecule has 0 saturated carbocycles. The molecule has 0 bridgehead atoms. The Morgan fingerprint density at radius 1 is 0.944 bits per heavy atom. The Bertz CT molecular complexity index is 201. The second-order valence-electron chi connectivity index (χ2n) is 5.91. The Labute approximate surface area is 113 Å². The van der Waals surface area contributed by atoms with Crippen molar-refractivity contribution in [2.75, 3.05) is 0 Å². The third-order valence-corrected chi connectivity index (χ3v) is 3.84. The molecule has 0 amide bonds. The highest BCUT2D eigenvalue weighted by atomic mass is 16.4. The minimum atomic E-state index is -0.658. The summed E-state index contributed by atoms with van der Waals surface area (Å²) in [5.74, 6) is 1.08. The largest absolute Gasteiger partial charge is 0.481 e. The fourth-order valence-corrected chi connectivity index (χ4v) is 2.45. The molecular weight excluding hydrogens is 224 g/mol. The van der Waals surface area contributed by atoms with Crippen LogP contribution in [-0.4, -0.2) is 11.1 Å². The van der Waals surface area contributed by atoms with E-state index in [4.69, 9.17) is 5.11 Å². The van der Waals surface area contributed by atoms with E-state index in [-0.39, 0.29) is 0 Å². The number of hydrogen-bond donors (Lipinski definition) is 1. The Morgan fingerprint density at radius 3 is 2.06 bits per heavy atom. The molecule has 108 valence electrons. The fourth-order valence-electron chi connectivity index (χ4n) is 2.45. The Hall–Kier alpha value is -0.530.